The third-order valence-electron chi connectivity index (χ3n) is 2.09. The summed E-state index contributed by atoms with van der Waals surface area (Å²) in [5.74, 6) is -0.160. The summed E-state index contributed by atoms with van der Waals surface area (Å²) in [7, 11) is 0. The van der Waals surface area contributed by atoms with E-state index in [1.807, 2.05) is 26.8 Å². The Labute approximate surface area is 96.8 Å². The van der Waals surface area contributed by atoms with Gasteiger partial charge in [-0.1, -0.05) is 18.2 Å². The summed E-state index contributed by atoms with van der Waals surface area (Å²) in [6.07, 6.45) is 0. The van der Waals surface area contributed by atoms with E-state index in [9.17, 15) is 4.39 Å². The van der Waals surface area contributed by atoms with Crippen molar-refractivity contribution in [1.82, 2.24) is 5.32 Å². The number of hydrogen-bond donors (Lipinski definition) is 1. The van der Waals surface area contributed by atoms with Crippen LogP contribution in [0.3, 0.4) is 0 Å². The number of benzene rings is 1. The standard InChI is InChI=1S/C13H20FNO/c1-13(2,3)16-9-8-15-10-11-6-4-5-7-12(11)14/h4-7,15H,8-10H2,1-3H3. The van der Waals surface area contributed by atoms with E-state index in [0.717, 1.165) is 6.54 Å². The van der Waals surface area contributed by atoms with Crippen LogP contribution in [-0.2, 0) is 11.3 Å². The molecule has 1 aromatic rings. The van der Waals surface area contributed by atoms with Crippen LogP contribution in [0.15, 0.2) is 24.3 Å². The van der Waals surface area contributed by atoms with Crippen LogP contribution in [0, 0.1) is 5.82 Å². The summed E-state index contributed by atoms with van der Waals surface area (Å²) in [5.41, 5.74) is 0.581. The van der Waals surface area contributed by atoms with Gasteiger partial charge in [-0.05, 0) is 26.8 Å². The Morgan fingerprint density at radius 2 is 1.94 bits per heavy atom. The van der Waals surface area contributed by atoms with Crippen molar-refractivity contribution in [1.29, 1.82) is 0 Å². The minimum Gasteiger partial charge on any atom is -0.375 e. The van der Waals surface area contributed by atoms with Crippen LogP contribution >= 0.6 is 0 Å². The van der Waals surface area contributed by atoms with E-state index in [1.165, 1.54) is 6.07 Å². The van der Waals surface area contributed by atoms with Crippen LogP contribution in [0.2, 0.25) is 0 Å². The van der Waals surface area contributed by atoms with E-state index < -0.39 is 0 Å². The van der Waals surface area contributed by atoms with Crippen LogP contribution in [0.5, 0.6) is 0 Å². The zero-order valence-corrected chi connectivity index (χ0v) is 10.2. The normalized spacial score (nSPS) is 11.8. The second-order valence-corrected chi connectivity index (χ2v) is 4.73. The summed E-state index contributed by atoms with van der Waals surface area (Å²) in [6, 6.07) is 6.79. The highest BCUT2D eigenvalue weighted by Crippen LogP contribution is 2.06. The lowest BCUT2D eigenvalue weighted by atomic mass is 10.2. The summed E-state index contributed by atoms with van der Waals surface area (Å²) in [6.45, 7) is 7.96. The Kier molecular flexibility index (Phi) is 4.90. The largest absolute Gasteiger partial charge is 0.375 e. The van der Waals surface area contributed by atoms with Gasteiger partial charge in [0.15, 0.2) is 0 Å². The molecule has 2 nitrogen and oxygen atoms in total. The smallest absolute Gasteiger partial charge is 0.127 e. The molecule has 16 heavy (non-hydrogen) atoms. The first-order chi connectivity index (χ1) is 7.49. The Hall–Kier alpha value is -0.930. The zero-order valence-electron chi connectivity index (χ0n) is 10.2. The predicted molar refractivity (Wildman–Crippen MR) is 63.8 cm³/mol. The maximum absolute atomic E-state index is 13.2. The van der Waals surface area contributed by atoms with Crippen LogP contribution in [0.25, 0.3) is 0 Å². The number of rotatable bonds is 5. The van der Waals surface area contributed by atoms with Gasteiger partial charge in [-0.2, -0.15) is 0 Å². The molecule has 3 heteroatoms. The van der Waals surface area contributed by atoms with Crippen molar-refractivity contribution in [3.05, 3.63) is 35.6 Å². The van der Waals surface area contributed by atoms with Crippen molar-refractivity contribution >= 4 is 0 Å². The minimum atomic E-state index is -0.160. The van der Waals surface area contributed by atoms with Crippen molar-refractivity contribution in [2.75, 3.05) is 13.2 Å². The Balaban J connectivity index is 2.19. The first-order valence-electron chi connectivity index (χ1n) is 5.57. The van der Waals surface area contributed by atoms with Gasteiger partial charge in [0, 0.05) is 18.7 Å². The fourth-order valence-corrected chi connectivity index (χ4v) is 1.29. The number of halogens is 1. The summed E-state index contributed by atoms with van der Waals surface area (Å²) in [4.78, 5) is 0. The lowest BCUT2D eigenvalue weighted by molar-refractivity contribution is -0.000906. The van der Waals surface area contributed by atoms with Gasteiger partial charge in [0.05, 0.1) is 12.2 Å². The van der Waals surface area contributed by atoms with Crippen LogP contribution < -0.4 is 5.32 Å². The van der Waals surface area contributed by atoms with Crippen LogP contribution in [-0.4, -0.2) is 18.8 Å². The summed E-state index contributed by atoms with van der Waals surface area (Å²) in [5, 5.41) is 3.15. The Morgan fingerprint density at radius 1 is 1.25 bits per heavy atom. The molecule has 90 valence electrons. The Bertz CT molecular complexity index is 320. The molecule has 1 aromatic carbocycles. The molecule has 0 atom stereocenters. The summed E-state index contributed by atoms with van der Waals surface area (Å²) < 4.78 is 18.8. The van der Waals surface area contributed by atoms with E-state index in [-0.39, 0.29) is 11.4 Å². The van der Waals surface area contributed by atoms with Gasteiger partial charge in [0.1, 0.15) is 5.82 Å². The van der Waals surface area contributed by atoms with Crippen molar-refractivity contribution in [2.45, 2.75) is 32.9 Å². The SMILES string of the molecule is CC(C)(C)OCCNCc1ccccc1F. The van der Waals surface area contributed by atoms with E-state index >= 15 is 0 Å². The molecule has 0 spiro atoms. The highest BCUT2D eigenvalue weighted by Gasteiger charge is 2.08. The van der Waals surface area contributed by atoms with Gasteiger partial charge in [-0.15, -0.1) is 0 Å². The van der Waals surface area contributed by atoms with E-state index in [2.05, 4.69) is 5.32 Å². The molecule has 0 radical (unpaired) electrons. The van der Waals surface area contributed by atoms with Crippen molar-refractivity contribution in [3.63, 3.8) is 0 Å². The maximum Gasteiger partial charge on any atom is 0.127 e. The molecule has 0 saturated heterocycles. The van der Waals surface area contributed by atoms with E-state index in [0.29, 0.717) is 18.7 Å². The van der Waals surface area contributed by atoms with Crippen molar-refractivity contribution < 1.29 is 9.13 Å². The summed E-state index contributed by atoms with van der Waals surface area (Å²) >= 11 is 0. The third kappa shape index (κ3) is 5.24. The number of hydrogen-bond acceptors (Lipinski definition) is 2. The Morgan fingerprint density at radius 3 is 2.56 bits per heavy atom. The molecule has 1 N–H and O–H groups in total. The molecule has 0 aliphatic carbocycles. The zero-order chi connectivity index (χ0) is 12.0. The maximum atomic E-state index is 13.2. The molecule has 0 unspecified atom stereocenters. The molecular formula is C13H20FNO. The van der Waals surface area contributed by atoms with E-state index in [4.69, 9.17) is 4.74 Å². The highest BCUT2D eigenvalue weighted by atomic mass is 19.1. The molecule has 0 saturated carbocycles. The molecule has 0 aliphatic heterocycles. The monoisotopic (exact) mass is 225 g/mol. The van der Waals surface area contributed by atoms with Gasteiger partial charge in [0.25, 0.3) is 0 Å². The van der Waals surface area contributed by atoms with Gasteiger partial charge >= 0.3 is 0 Å². The molecular weight excluding hydrogens is 205 g/mol. The predicted octanol–water partition coefficient (Wildman–Crippen LogP) is 2.73. The fraction of sp³-hybridized carbons (Fsp3) is 0.538. The first-order valence-corrected chi connectivity index (χ1v) is 5.57. The van der Waals surface area contributed by atoms with E-state index in [1.54, 1.807) is 12.1 Å². The second-order valence-electron chi connectivity index (χ2n) is 4.73. The van der Waals surface area contributed by atoms with Crippen molar-refractivity contribution in [3.8, 4) is 0 Å². The average molecular weight is 225 g/mol. The molecule has 0 bridgehead atoms. The molecule has 0 aromatic heterocycles. The number of ether oxygens (including phenoxy) is 1. The number of nitrogens with one attached hydrogen (secondary N) is 1. The van der Waals surface area contributed by atoms with Crippen molar-refractivity contribution in [2.24, 2.45) is 0 Å². The fourth-order valence-electron chi connectivity index (χ4n) is 1.29. The lowest BCUT2D eigenvalue weighted by Gasteiger charge is -2.19. The highest BCUT2D eigenvalue weighted by molar-refractivity contribution is 5.16. The molecule has 1 rings (SSSR count). The molecule has 0 amide bonds. The third-order valence-corrected chi connectivity index (χ3v) is 2.09. The first kappa shape index (κ1) is 13.1. The average Bonchev–Trinajstić information content (AvgIpc) is 2.18. The second kappa shape index (κ2) is 5.97. The van der Waals surface area contributed by atoms with Gasteiger partial charge in [-0.3, -0.25) is 0 Å². The van der Waals surface area contributed by atoms with Crippen LogP contribution in [0.4, 0.5) is 4.39 Å². The minimum absolute atomic E-state index is 0.111. The molecule has 0 aliphatic rings. The topological polar surface area (TPSA) is 21.3 Å². The van der Waals surface area contributed by atoms with Gasteiger partial charge < -0.3 is 10.1 Å². The quantitative estimate of drug-likeness (QED) is 0.778. The molecule has 0 heterocycles. The molecule has 0 fully saturated rings. The van der Waals surface area contributed by atoms with Gasteiger partial charge in [0.2, 0.25) is 0 Å². The lowest BCUT2D eigenvalue weighted by Crippen LogP contribution is -2.26. The van der Waals surface area contributed by atoms with Gasteiger partial charge in [-0.25, -0.2) is 4.39 Å². The van der Waals surface area contributed by atoms with Crippen LogP contribution in [0.1, 0.15) is 26.3 Å².